The maximum atomic E-state index is 11.8. The van der Waals surface area contributed by atoms with Crippen molar-refractivity contribution in [1.29, 1.82) is 0 Å². The van der Waals surface area contributed by atoms with Crippen LogP contribution < -0.4 is 4.72 Å². The Morgan fingerprint density at radius 1 is 1.29 bits per heavy atom. The van der Waals surface area contributed by atoms with E-state index in [1.165, 1.54) is 0 Å². The van der Waals surface area contributed by atoms with Gasteiger partial charge in [-0.25, -0.2) is 18.4 Å². The van der Waals surface area contributed by atoms with Gasteiger partial charge in [0, 0.05) is 0 Å². The van der Waals surface area contributed by atoms with Crippen molar-refractivity contribution >= 4 is 44.4 Å². The SMILES string of the molecule is CCOC(=O)CS(=O)(=O)Nc1nc2ccccc2nc1Cl. The predicted octanol–water partition coefficient (Wildman–Crippen LogP) is 1.59. The van der Waals surface area contributed by atoms with E-state index in [2.05, 4.69) is 19.4 Å². The number of hydrogen-bond donors (Lipinski definition) is 1. The summed E-state index contributed by atoms with van der Waals surface area (Å²) in [5.41, 5.74) is 1.02. The number of carbonyl (C=O) groups excluding carboxylic acids is 1. The topological polar surface area (TPSA) is 98.2 Å². The third-order valence-corrected chi connectivity index (χ3v) is 3.78. The van der Waals surface area contributed by atoms with Crippen LogP contribution in [0, 0.1) is 0 Å². The number of nitrogens with zero attached hydrogens (tertiary/aromatic N) is 2. The summed E-state index contributed by atoms with van der Waals surface area (Å²) in [4.78, 5) is 19.3. The highest BCUT2D eigenvalue weighted by Crippen LogP contribution is 2.21. The molecule has 0 bridgehead atoms. The number of benzene rings is 1. The minimum Gasteiger partial charge on any atom is -0.465 e. The Labute approximate surface area is 126 Å². The van der Waals surface area contributed by atoms with Crippen LogP contribution in [0.5, 0.6) is 0 Å². The second-order valence-corrected chi connectivity index (χ2v) is 6.10. The van der Waals surface area contributed by atoms with Crippen LogP contribution in [0.2, 0.25) is 5.15 Å². The molecule has 0 saturated heterocycles. The molecule has 0 atom stereocenters. The number of fused-ring (bicyclic) bond motifs is 1. The van der Waals surface area contributed by atoms with E-state index < -0.39 is 21.7 Å². The number of nitrogens with one attached hydrogen (secondary N) is 1. The molecule has 0 aliphatic carbocycles. The molecule has 0 spiro atoms. The van der Waals surface area contributed by atoms with Crippen molar-refractivity contribution in [2.45, 2.75) is 6.92 Å². The minimum atomic E-state index is -3.96. The number of esters is 1. The third kappa shape index (κ3) is 4.02. The summed E-state index contributed by atoms with van der Waals surface area (Å²) in [7, 11) is -3.96. The normalized spacial score (nSPS) is 11.3. The monoisotopic (exact) mass is 329 g/mol. The van der Waals surface area contributed by atoms with E-state index in [1.807, 2.05) is 0 Å². The molecule has 0 aliphatic rings. The number of halogens is 1. The van der Waals surface area contributed by atoms with E-state index in [0.717, 1.165) is 0 Å². The van der Waals surface area contributed by atoms with Crippen LogP contribution in [-0.4, -0.2) is 36.7 Å². The molecule has 1 heterocycles. The maximum Gasteiger partial charge on any atom is 0.323 e. The predicted molar refractivity (Wildman–Crippen MR) is 78.6 cm³/mol. The molecule has 0 aliphatic heterocycles. The number of anilines is 1. The van der Waals surface area contributed by atoms with Crippen LogP contribution >= 0.6 is 11.6 Å². The summed E-state index contributed by atoms with van der Waals surface area (Å²) < 4.78 is 30.4. The molecule has 0 fully saturated rings. The number of para-hydroxylation sites is 2. The number of hydrogen-bond acceptors (Lipinski definition) is 6. The second kappa shape index (κ2) is 6.23. The van der Waals surface area contributed by atoms with Gasteiger partial charge in [-0.15, -0.1) is 0 Å². The molecular weight excluding hydrogens is 318 g/mol. The standard InChI is InChI=1S/C12H12ClN3O4S/c1-2-20-10(17)7-21(18,19)16-12-11(13)14-8-5-3-4-6-9(8)15-12/h3-6H,2,7H2,1H3,(H,15,16). The van der Waals surface area contributed by atoms with Crippen molar-refractivity contribution in [3.05, 3.63) is 29.4 Å². The van der Waals surface area contributed by atoms with Crippen molar-refractivity contribution < 1.29 is 17.9 Å². The van der Waals surface area contributed by atoms with E-state index in [9.17, 15) is 13.2 Å². The average molecular weight is 330 g/mol. The first-order valence-corrected chi connectivity index (χ1v) is 8.02. The third-order valence-electron chi connectivity index (χ3n) is 2.39. The van der Waals surface area contributed by atoms with Gasteiger partial charge >= 0.3 is 5.97 Å². The summed E-state index contributed by atoms with van der Waals surface area (Å²) in [6.45, 7) is 1.69. The molecular formula is C12H12ClN3O4S. The van der Waals surface area contributed by atoms with E-state index in [-0.39, 0.29) is 17.6 Å². The maximum absolute atomic E-state index is 11.8. The Bertz CT molecular complexity index is 779. The zero-order valence-corrected chi connectivity index (χ0v) is 12.6. The number of rotatable bonds is 5. The van der Waals surface area contributed by atoms with E-state index in [4.69, 9.17) is 11.6 Å². The Morgan fingerprint density at radius 2 is 1.90 bits per heavy atom. The van der Waals surface area contributed by atoms with Crippen molar-refractivity contribution in [3.63, 3.8) is 0 Å². The molecule has 21 heavy (non-hydrogen) atoms. The summed E-state index contributed by atoms with van der Waals surface area (Å²) in [5.74, 6) is -1.79. The fraction of sp³-hybridized carbons (Fsp3) is 0.250. The lowest BCUT2D eigenvalue weighted by atomic mass is 10.3. The first-order chi connectivity index (χ1) is 9.91. The van der Waals surface area contributed by atoms with Gasteiger partial charge in [0.15, 0.2) is 16.7 Å². The van der Waals surface area contributed by atoms with E-state index >= 15 is 0 Å². The molecule has 112 valence electrons. The Hall–Kier alpha value is -1.93. The highest BCUT2D eigenvalue weighted by atomic mass is 35.5. The highest BCUT2D eigenvalue weighted by Gasteiger charge is 2.20. The fourth-order valence-corrected chi connectivity index (χ4v) is 2.72. The van der Waals surface area contributed by atoms with E-state index in [0.29, 0.717) is 11.0 Å². The molecule has 7 nitrogen and oxygen atoms in total. The first kappa shape index (κ1) is 15.5. The van der Waals surface area contributed by atoms with Gasteiger partial charge in [-0.3, -0.25) is 9.52 Å². The van der Waals surface area contributed by atoms with Gasteiger partial charge in [0.05, 0.1) is 17.6 Å². The first-order valence-electron chi connectivity index (χ1n) is 5.99. The molecule has 0 saturated carbocycles. The lowest BCUT2D eigenvalue weighted by Crippen LogP contribution is -2.25. The summed E-state index contributed by atoms with van der Waals surface area (Å²) in [6, 6.07) is 6.87. The second-order valence-electron chi connectivity index (χ2n) is 4.02. The van der Waals surface area contributed by atoms with Gasteiger partial charge in [-0.1, -0.05) is 23.7 Å². The molecule has 2 rings (SSSR count). The molecule has 1 N–H and O–H groups in total. The van der Waals surface area contributed by atoms with Gasteiger partial charge in [0.1, 0.15) is 0 Å². The molecule has 0 radical (unpaired) electrons. The van der Waals surface area contributed by atoms with Gasteiger partial charge in [0.2, 0.25) is 10.0 Å². The van der Waals surface area contributed by atoms with Crippen LogP contribution in [0.15, 0.2) is 24.3 Å². The van der Waals surface area contributed by atoms with Crippen LogP contribution in [0.1, 0.15) is 6.92 Å². The number of sulfonamides is 1. The summed E-state index contributed by atoms with van der Waals surface area (Å²) in [5, 5.41) is -0.0962. The molecule has 1 aromatic heterocycles. The molecule has 0 unspecified atom stereocenters. The average Bonchev–Trinajstić information content (AvgIpc) is 2.38. The Kier molecular flexibility index (Phi) is 4.59. The van der Waals surface area contributed by atoms with Crippen LogP contribution in [-0.2, 0) is 19.6 Å². The largest absolute Gasteiger partial charge is 0.465 e. The van der Waals surface area contributed by atoms with Gasteiger partial charge < -0.3 is 4.74 Å². The highest BCUT2D eigenvalue weighted by molar-refractivity contribution is 7.93. The molecule has 0 amide bonds. The molecule has 9 heteroatoms. The van der Waals surface area contributed by atoms with Crippen molar-refractivity contribution in [1.82, 2.24) is 9.97 Å². The number of ether oxygens (including phenoxy) is 1. The van der Waals surface area contributed by atoms with Crippen molar-refractivity contribution in [2.24, 2.45) is 0 Å². The van der Waals surface area contributed by atoms with E-state index in [1.54, 1.807) is 31.2 Å². The minimum absolute atomic E-state index is 0.0962. The summed E-state index contributed by atoms with van der Waals surface area (Å²) >= 11 is 5.89. The number of carbonyl (C=O) groups is 1. The Balaban J connectivity index is 2.26. The lowest BCUT2D eigenvalue weighted by molar-refractivity contribution is -0.139. The van der Waals surface area contributed by atoms with Crippen molar-refractivity contribution in [3.8, 4) is 0 Å². The lowest BCUT2D eigenvalue weighted by Gasteiger charge is -2.08. The van der Waals surface area contributed by atoms with Crippen molar-refractivity contribution in [2.75, 3.05) is 17.1 Å². The summed E-state index contributed by atoms with van der Waals surface area (Å²) in [6.07, 6.45) is 0. The zero-order chi connectivity index (χ0) is 15.5. The van der Waals surface area contributed by atoms with Gasteiger partial charge in [-0.2, -0.15) is 0 Å². The van der Waals surface area contributed by atoms with Gasteiger partial charge in [-0.05, 0) is 19.1 Å². The Morgan fingerprint density at radius 3 is 2.52 bits per heavy atom. The molecule has 2 aromatic rings. The van der Waals surface area contributed by atoms with Gasteiger partial charge in [0.25, 0.3) is 0 Å². The molecule has 1 aromatic carbocycles. The number of aromatic nitrogens is 2. The fourth-order valence-electron chi connectivity index (χ4n) is 1.58. The zero-order valence-electron chi connectivity index (χ0n) is 11.0. The van der Waals surface area contributed by atoms with Crippen LogP contribution in [0.3, 0.4) is 0 Å². The van der Waals surface area contributed by atoms with Crippen LogP contribution in [0.4, 0.5) is 5.82 Å². The smallest absolute Gasteiger partial charge is 0.323 e. The quantitative estimate of drug-likeness (QED) is 0.836. The van der Waals surface area contributed by atoms with Crippen LogP contribution in [0.25, 0.3) is 11.0 Å².